The summed E-state index contributed by atoms with van der Waals surface area (Å²) in [5.74, 6) is 0.647. The summed E-state index contributed by atoms with van der Waals surface area (Å²) in [6.45, 7) is 1.43. The summed E-state index contributed by atoms with van der Waals surface area (Å²) >= 11 is 3.03. The highest BCUT2D eigenvalue weighted by molar-refractivity contribution is 7.98. The number of fused-ring (bicyclic) bond motifs is 3. The number of hydrogen-bond donors (Lipinski definition) is 4. The molecule has 13 heteroatoms. The number of hydrogen-bond acceptors (Lipinski definition) is 10. The monoisotopic (exact) mass is 647 g/mol. The van der Waals surface area contributed by atoms with E-state index < -0.39 is 30.0 Å². The van der Waals surface area contributed by atoms with E-state index in [1.54, 1.807) is 19.2 Å². The number of carboxylic acids is 1. The van der Waals surface area contributed by atoms with Gasteiger partial charge in [-0.3, -0.25) is 14.4 Å². The van der Waals surface area contributed by atoms with Crippen LogP contribution in [0.15, 0.2) is 29.1 Å². The molecule has 3 rings (SSSR count). The Morgan fingerprint density at radius 1 is 0.977 bits per heavy atom. The number of carbonyl (C=O) groups excluding carboxylic acids is 2. The largest absolute Gasteiger partial charge is 0.493 e. The van der Waals surface area contributed by atoms with Crippen molar-refractivity contribution in [1.82, 2.24) is 10.6 Å². The van der Waals surface area contributed by atoms with Crippen LogP contribution in [0.4, 0.5) is 5.69 Å². The molecule has 2 aromatic carbocycles. The summed E-state index contributed by atoms with van der Waals surface area (Å²) in [5, 5.41) is 18.3. The quantitative estimate of drug-likeness (QED) is 0.224. The van der Waals surface area contributed by atoms with Crippen molar-refractivity contribution in [2.75, 3.05) is 50.7 Å². The van der Waals surface area contributed by atoms with Gasteiger partial charge in [0.1, 0.15) is 12.1 Å². The van der Waals surface area contributed by atoms with Gasteiger partial charge >= 0.3 is 5.97 Å². The number of carbonyl (C=O) groups is 3. The molecule has 0 radical (unpaired) electrons. The zero-order valence-corrected chi connectivity index (χ0v) is 27.5. The first-order valence-electron chi connectivity index (χ1n) is 14.1. The number of carboxylic acid groups (broad SMARTS) is 1. The number of amides is 2. The third kappa shape index (κ3) is 8.32. The third-order valence-corrected chi connectivity index (χ3v) is 8.69. The number of benzene rings is 1. The number of nitrogens with one attached hydrogen (secondary N) is 3. The number of rotatable bonds is 15. The third-order valence-electron chi connectivity index (χ3n) is 7.40. The van der Waals surface area contributed by atoms with Crippen molar-refractivity contribution < 1.29 is 33.7 Å². The van der Waals surface area contributed by atoms with Crippen molar-refractivity contribution in [3.8, 4) is 28.4 Å². The van der Waals surface area contributed by atoms with Crippen LogP contribution in [0.3, 0.4) is 0 Å². The fraction of sp³-hybridized carbons (Fsp3) is 0.484. The number of aliphatic carboxylic acids is 1. The molecular formula is C31H41N3O8S2. The summed E-state index contributed by atoms with van der Waals surface area (Å²) < 4.78 is 17.1. The molecule has 0 fully saturated rings. The van der Waals surface area contributed by atoms with Crippen molar-refractivity contribution >= 4 is 47.0 Å². The van der Waals surface area contributed by atoms with Gasteiger partial charge in [-0.25, -0.2) is 4.79 Å². The van der Waals surface area contributed by atoms with E-state index in [9.17, 15) is 24.3 Å². The van der Waals surface area contributed by atoms with Gasteiger partial charge in [-0.05, 0) is 84.6 Å². The molecule has 1 aliphatic carbocycles. The molecule has 3 atom stereocenters. The molecule has 240 valence electrons. The maximum atomic E-state index is 13.7. The summed E-state index contributed by atoms with van der Waals surface area (Å²) in [7, 11) is 4.59. The van der Waals surface area contributed by atoms with Crippen LogP contribution in [-0.4, -0.2) is 80.3 Å². The Kier molecular flexibility index (Phi) is 13.1. The molecule has 0 unspecified atom stereocenters. The van der Waals surface area contributed by atoms with Crippen LogP contribution >= 0.6 is 23.5 Å². The first kappa shape index (κ1) is 34.9. The molecule has 0 aromatic heterocycles. The lowest BCUT2D eigenvalue weighted by Gasteiger charge is -2.21. The number of aryl methyl sites for hydroxylation is 1. The van der Waals surface area contributed by atoms with Crippen molar-refractivity contribution in [2.24, 2.45) is 0 Å². The molecule has 1 aliphatic rings. The predicted molar refractivity (Wildman–Crippen MR) is 176 cm³/mol. The highest BCUT2D eigenvalue weighted by Crippen LogP contribution is 2.50. The van der Waals surface area contributed by atoms with Gasteiger partial charge < -0.3 is 35.3 Å². The van der Waals surface area contributed by atoms with Crippen LogP contribution < -0.4 is 35.6 Å². The van der Waals surface area contributed by atoms with Crippen molar-refractivity contribution in [2.45, 2.75) is 50.7 Å². The smallest absolute Gasteiger partial charge is 0.326 e. The van der Waals surface area contributed by atoms with E-state index in [0.717, 1.165) is 5.56 Å². The van der Waals surface area contributed by atoms with E-state index in [1.165, 1.54) is 50.7 Å². The Hall–Kier alpha value is -3.58. The van der Waals surface area contributed by atoms with E-state index >= 15 is 0 Å². The summed E-state index contributed by atoms with van der Waals surface area (Å²) in [6, 6.07) is 4.36. The SMILES string of the molecule is COc1cc2c(c(OC)c1OC)-c1ccc(N[C@H](CCSC)C(=O)N[C@H](CCSC)C(=O)O)c(=O)cc1[C@H](NC(C)=O)CC2. The van der Waals surface area contributed by atoms with E-state index in [2.05, 4.69) is 16.0 Å². The van der Waals surface area contributed by atoms with Crippen LogP contribution in [0.2, 0.25) is 0 Å². The zero-order chi connectivity index (χ0) is 32.4. The molecule has 2 aromatic rings. The Bertz CT molecular complexity index is 1420. The van der Waals surface area contributed by atoms with Gasteiger partial charge in [-0.1, -0.05) is 6.07 Å². The fourth-order valence-corrected chi connectivity index (χ4v) is 6.23. The number of thioether (sulfide) groups is 2. The Morgan fingerprint density at radius 2 is 1.64 bits per heavy atom. The lowest BCUT2D eigenvalue weighted by Crippen LogP contribution is -2.48. The molecule has 44 heavy (non-hydrogen) atoms. The van der Waals surface area contributed by atoms with Gasteiger partial charge in [-0.2, -0.15) is 23.5 Å². The molecule has 0 aliphatic heterocycles. The normalized spacial score (nSPS) is 15.0. The van der Waals surface area contributed by atoms with Gasteiger partial charge in [0, 0.05) is 12.5 Å². The van der Waals surface area contributed by atoms with E-state index in [-0.39, 0.29) is 23.4 Å². The highest BCUT2D eigenvalue weighted by Gasteiger charge is 2.30. The van der Waals surface area contributed by atoms with Gasteiger partial charge in [-0.15, -0.1) is 0 Å². The Morgan fingerprint density at radius 3 is 2.20 bits per heavy atom. The first-order valence-corrected chi connectivity index (χ1v) is 16.9. The summed E-state index contributed by atoms with van der Waals surface area (Å²) in [6.07, 6.45) is 5.48. The highest BCUT2D eigenvalue weighted by atomic mass is 32.2. The Balaban J connectivity index is 2.16. The van der Waals surface area contributed by atoms with Crippen LogP contribution in [0.25, 0.3) is 11.1 Å². The van der Waals surface area contributed by atoms with E-state index in [1.807, 2.05) is 18.6 Å². The molecule has 0 bridgehead atoms. The van der Waals surface area contributed by atoms with E-state index in [4.69, 9.17) is 14.2 Å². The van der Waals surface area contributed by atoms with Crippen molar-refractivity contribution in [3.63, 3.8) is 0 Å². The van der Waals surface area contributed by atoms with Gasteiger partial charge in [0.05, 0.1) is 33.1 Å². The predicted octanol–water partition coefficient (Wildman–Crippen LogP) is 3.72. The van der Waals surface area contributed by atoms with Gasteiger partial charge in [0.2, 0.25) is 23.0 Å². The van der Waals surface area contributed by atoms with Crippen molar-refractivity contribution in [3.05, 3.63) is 45.6 Å². The standard InChI is InChI=1S/C31H41N3O8S2/c1-17(35)32-21-9-7-18-15-26(40-2)28(41-3)29(42-4)27(18)19-8-10-22(25(36)16-20(19)21)33-23(11-13-43-5)30(37)34-24(31(38)39)12-14-44-6/h8,10,15-16,21,23-24H,7,9,11-14H2,1-6H3,(H,32,35)(H,33,36)(H,34,37)(H,38,39)/t21-,23-,24-/m1/s1. The molecule has 0 heterocycles. The fourth-order valence-electron chi connectivity index (χ4n) is 5.28. The molecule has 0 spiro atoms. The van der Waals surface area contributed by atoms with Gasteiger partial charge in [0.15, 0.2) is 11.5 Å². The van der Waals surface area contributed by atoms with Crippen molar-refractivity contribution in [1.29, 1.82) is 0 Å². The number of ether oxygens (including phenoxy) is 3. The minimum Gasteiger partial charge on any atom is -0.493 e. The second-order valence-corrected chi connectivity index (χ2v) is 12.2. The average Bonchev–Trinajstić information content (AvgIpc) is 3.24. The van der Waals surface area contributed by atoms with Crippen LogP contribution in [-0.2, 0) is 20.8 Å². The minimum absolute atomic E-state index is 0.165. The maximum Gasteiger partial charge on any atom is 0.326 e. The lowest BCUT2D eigenvalue weighted by molar-refractivity contribution is -0.142. The second kappa shape index (κ2) is 16.5. The number of methoxy groups -OCH3 is 3. The molecule has 4 N–H and O–H groups in total. The molecule has 0 saturated carbocycles. The van der Waals surface area contributed by atoms with Crippen LogP contribution in [0, 0.1) is 0 Å². The minimum atomic E-state index is -1.11. The first-order chi connectivity index (χ1) is 21.1. The Labute approximate surface area is 266 Å². The summed E-state index contributed by atoms with van der Waals surface area (Å²) in [4.78, 5) is 51.1. The van der Waals surface area contributed by atoms with Crippen LogP contribution in [0.1, 0.15) is 43.4 Å². The lowest BCUT2D eigenvalue weighted by atomic mass is 9.95. The van der Waals surface area contributed by atoms with Crippen LogP contribution in [0.5, 0.6) is 17.2 Å². The molecule has 0 saturated heterocycles. The molecular weight excluding hydrogens is 606 g/mol. The maximum absolute atomic E-state index is 13.7. The van der Waals surface area contributed by atoms with E-state index in [0.29, 0.717) is 64.7 Å². The molecule has 2 amide bonds. The second-order valence-electron chi connectivity index (χ2n) is 10.3. The van der Waals surface area contributed by atoms with Gasteiger partial charge in [0.25, 0.3) is 0 Å². The topological polar surface area (TPSA) is 152 Å². The summed E-state index contributed by atoms with van der Waals surface area (Å²) in [5.41, 5.74) is 2.64. The average molecular weight is 648 g/mol. The number of anilines is 1. The zero-order valence-electron chi connectivity index (χ0n) is 25.9. The molecule has 11 nitrogen and oxygen atoms in total.